The summed E-state index contributed by atoms with van der Waals surface area (Å²) < 4.78 is 76.5. The molecule has 0 radical (unpaired) electrons. The fourth-order valence-electron chi connectivity index (χ4n) is 5.44. The molecule has 0 unspecified atom stereocenters. The summed E-state index contributed by atoms with van der Waals surface area (Å²) in [4.78, 5) is 2.29. The minimum absolute atomic E-state index is 0.116. The van der Waals surface area contributed by atoms with Crippen LogP contribution in [0.15, 0.2) is 101 Å². The summed E-state index contributed by atoms with van der Waals surface area (Å²) in [5.74, 6) is 1.86. The molecule has 4 nitrogen and oxygen atoms in total. The molecular formula is C38H38F6N4S2. The standard InChI is InChI=1S/C23H26N2S2.C15H12F6N2/c1-15-12-16(2)19(14-27-23-11-7-5-9-21(23)25)17(3)18(15)13-26-22-10-6-4-8-20(22)24;16-14(17,18)10-2-8(4-12(22)6-10)1-9-3-11(15(19,20)21)7-13(23)5-9/h4-12H,13-14,24-25H2,1-3H3;2-7H,1,22-23H2. The summed E-state index contributed by atoms with van der Waals surface area (Å²) in [6.45, 7) is 6.65. The first-order chi connectivity index (χ1) is 23.4. The molecule has 0 aliphatic heterocycles. The van der Waals surface area contributed by atoms with Gasteiger partial charge in [0.2, 0.25) is 0 Å². The van der Waals surface area contributed by atoms with Gasteiger partial charge in [0.25, 0.3) is 0 Å². The molecule has 0 saturated carbocycles. The summed E-state index contributed by atoms with van der Waals surface area (Å²) in [6, 6.07) is 24.3. The lowest BCUT2D eigenvalue weighted by molar-refractivity contribution is -0.138. The van der Waals surface area contributed by atoms with Crippen LogP contribution in [0.2, 0.25) is 0 Å². The molecule has 8 N–H and O–H groups in total. The highest BCUT2D eigenvalue weighted by atomic mass is 32.2. The number of rotatable bonds is 8. The van der Waals surface area contributed by atoms with Gasteiger partial charge < -0.3 is 22.9 Å². The number of aryl methyl sites for hydroxylation is 2. The molecule has 50 heavy (non-hydrogen) atoms. The van der Waals surface area contributed by atoms with Crippen LogP contribution in [0, 0.1) is 20.8 Å². The molecule has 0 aliphatic rings. The molecule has 0 saturated heterocycles. The number of hydrogen-bond acceptors (Lipinski definition) is 6. The van der Waals surface area contributed by atoms with Gasteiger partial charge >= 0.3 is 12.4 Å². The van der Waals surface area contributed by atoms with Gasteiger partial charge in [-0.3, -0.25) is 0 Å². The second-order valence-electron chi connectivity index (χ2n) is 11.8. The van der Waals surface area contributed by atoms with E-state index in [1.54, 1.807) is 0 Å². The van der Waals surface area contributed by atoms with Crippen LogP contribution in [-0.4, -0.2) is 0 Å². The predicted molar refractivity (Wildman–Crippen MR) is 196 cm³/mol. The maximum absolute atomic E-state index is 12.7. The first-order valence-electron chi connectivity index (χ1n) is 15.4. The number of para-hydroxylation sites is 2. The second-order valence-corrected chi connectivity index (χ2v) is 13.9. The van der Waals surface area contributed by atoms with Crippen LogP contribution in [0.25, 0.3) is 0 Å². The Kier molecular flexibility index (Phi) is 12.3. The first-order valence-corrected chi connectivity index (χ1v) is 17.4. The molecular weight excluding hydrogens is 691 g/mol. The van der Waals surface area contributed by atoms with Crippen molar-refractivity contribution in [3.63, 3.8) is 0 Å². The third-order valence-electron chi connectivity index (χ3n) is 7.97. The molecule has 12 heteroatoms. The number of halogens is 6. The van der Waals surface area contributed by atoms with Gasteiger partial charge in [0.1, 0.15) is 0 Å². The lowest BCUT2D eigenvalue weighted by Crippen LogP contribution is -2.08. The number of hydrogen-bond donors (Lipinski definition) is 4. The zero-order chi connectivity index (χ0) is 36.8. The third-order valence-corrected chi connectivity index (χ3v) is 10.2. The van der Waals surface area contributed by atoms with Crippen molar-refractivity contribution >= 4 is 46.3 Å². The van der Waals surface area contributed by atoms with Gasteiger partial charge in [-0.2, -0.15) is 26.3 Å². The fraction of sp³-hybridized carbons (Fsp3) is 0.211. The number of alkyl halides is 6. The number of nitrogens with two attached hydrogens (primary N) is 4. The Balaban J connectivity index is 0.000000228. The maximum atomic E-state index is 12.7. The van der Waals surface area contributed by atoms with Crippen LogP contribution in [-0.2, 0) is 30.3 Å². The topological polar surface area (TPSA) is 104 Å². The zero-order valence-corrected chi connectivity index (χ0v) is 29.3. The lowest BCUT2D eigenvalue weighted by Gasteiger charge is -2.18. The van der Waals surface area contributed by atoms with Crippen molar-refractivity contribution in [2.24, 2.45) is 0 Å². The summed E-state index contributed by atoms with van der Waals surface area (Å²) in [5.41, 5.74) is 29.8. The van der Waals surface area contributed by atoms with Crippen LogP contribution in [0.5, 0.6) is 0 Å². The van der Waals surface area contributed by atoms with Crippen LogP contribution in [0.1, 0.15) is 50.1 Å². The Hall–Kier alpha value is -4.42. The molecule has 264 valence electrons. The summed E-state index contributed by atoms with van der Waals surface area (Å²) >= 11 is 3.62. The molecule has 0 bridgehead atoms. The van der Waals surface area contributed by atoms with E-state index in [-0.39, 0.29) is 28.9 Å². The number of thioether (sulfide) groups is 2. The van der Waals surface area contributed by atoms with Gasteiger partial charge in [-0.25, -0.2) is 0 Å². The Bertz CT molecular complexity index is 1820. The molecule has 0 spiro atoms. The normalized spacial score (nSPS) is 11.6. The van der Waals surface area contributed by atoms with Crippen molar-refractivity contribution in [2.45, 2.75) is 60.8 Å². The summed E-state index contributed by atoms with van der Waals surface area (Å²) in [5, 5.41) is 0. The molecule has 5 aromatic carbocycles. The van der Waals surface area contributed by atoms with Gasteiger partial charge in [-0.05, 0) is 127 Å². The number of anilines is 4. The van der Waals surface area contributed by atoms with Gasteiger partial charge in [-0.1, -0.05) is 30.3 Å². The van der Waals surface area contributed by atoms with Crippen molar-refractivity contribution in [1.82, 2.24) is 0 Å². The molecule has 5 rings (SSSR count). The molecule has 5 aromatic rings. The second kappa shape index (κ2) is 16.1. The van der Waals surface area contributed by atoms with Crippen LogP contribution in [0.3, 0.4) is 0 Å². The summed E-state index contributed by atoms with van der Waals surface area (Å²) in [6.07, 6.45) is -9.32. The minimum atomic E-state index is -4.59. The van der Waals surface area contributed by atoms with E-state index in [0.717, 1.165) is 56.9 Å². The Labute approximate surface area is 296 Å². The van der Waals surface area contributed by atoms with Crippen molar-refractivity contribution in [1.29, 1.82) is 0 Å². The molecule has 0 fully saturated rings. The molecule has 0 amide bonds. The van der Waals surface area contributed by atoms with E-state index in [9.17, 15) is 26.3 Å². The molecule has 0 aromatic heterocycles. The van der Waals surface area contributed by atoms with Gasteiger partial charge in [0.15, 0.2) is 0 Å². The van der Waals surface area contributed by atoms with Gasteiger partial charge in [-0.15, -0.1) is 23.5 Å². The average Bonchev–Trinajstić information content (AvgIpc) is 3.01. The molecule has 0 aliphatic carbocycles. The SMILES string of the molecule is Cc1cc(C)c(CSc2ccccc2N)c(C)c1CSc1ccccc1N.Nc1cc(Cc2cc(N)cc(C(F)(F)F)c2)cc(C(F)(F)F)c1. The molecule has 0 heterocycles. The summed E-state index contributed by atoms with van der Waals surface area (Å²) in [7, 11) is 0. The van der Waals surface area contributed by atoms with E-state index in [1.165, 1.54) is 39.9 Å². The third kappa shape index (κ3) is 10.3. The van der Waals surface area contributed by atoms with E-state index in [2.05, 4.69) is 39.0 Å². The van der Waals surface area contributed by atoms with Crippen molar-refractivity contribution in [2.75, 3.05) is 22.9 Å². The highest BCUT2D eigenvalue weighted by molar-refractivity contribution is 7.99. The molecule has 0 atom stereocenters. The van der Waals surface area contributed by atoms with E-state index in [4.69, 9.17) is 22.9 Å². The van der Waals surface area contributed by atoms with Crippen molar-refractivity contribution in [3.8, 4) is 0 Å². The fourth-order valence-corrected chi connectivity index (χ4v) is 7.75. The average molecular weight is 729 g/mol. The van der Waals surface area contributed by atoms with Crippen LogP contribution >= 0.6 is 23.5 Å². The van der Waals surface area contributed by atoms with E-state index in [1.807, 2.05) is 59.9 Å². The Morgan fingerprint density at radius 3 is 1.26 bits per heavy atom. The van der Waals surface area contributed by atoms with Crippen molar-refractivity contribution in [3.05, 3.63) is 141 Å². The largest absolute Gasteiger partial charge is 0.416 e. The van der Waals surface area contributed by atoms with E-state index >= 15 is 0 Å². The van der Waals surface area contributed by atoms with Crippen LogP contribution in [0.4, 0.5) is 49.1 Å². The zero-order valence-electron chi connectivity index (χ0n) is 27.7. The smallest absolute Gasteiger partial charge is 0.399 e. The maximum Gasteiger partial charge on any atom is 0.416 e. The Morgan fingerprint density at radius 2 is 0.900 bits per heavy atom. The number of benzene rings is 5. The number of nitrogen functional groups attached to an aromatic ring is 4. The van der Waals surface area contributed by atoms with Gasteiger partial charge in [0.05, 0.1) is 11.1 Å². The quantitative estimate of drug-likeness (QED) is 0.0720. The minimum Gasteiger partial charge on any atom is -0.399 e. The van der Waals surface area contributed by atoms with Crippen LogP contribution < -0.4 is 22.9 Å². The predicted octanol–water partition coefficient (Wildman–Crippen LogP) is 10.8. The van der Waals surface area contributed by atoms with Gasteiger partial charge in [0, 0.05) is 44.0 Å². The Morgan fingerprint density at radius 1 is 0.520 bits per heavy atom. The first kappa shape index (κ1) is 38.4. The van der Waals surface area contributed by atoms with E-state index in [0.29, 0.717) is 0 Å². The lowest BCUT2D eigenvalue weighted by atomic mass is 9.95. The highest BCUT2D eigenvalue weighted by Gasteiger charge is 2.32. The van der Waals surface area contributed by atoms with Crippen molar-refractivity contribution < 1.29 is 26.3 Å². The van der Waals surface area contributed by atoms with E-state index < -0.39 is 23.5 Å². The highest BCUT2D eigenvalue weighted by Crippen LogP contribution is 2.36. The monoisotopic (exact) mass is 728 g/mol.